The topological polar surface area (TPSA) is 43.6 Å². The lowest BCUT2D eigenvalue weighted by atomic mass is 10.1. The van der Waals surface area contributed by atoms with E-state index in [0.29, 0.717) is 37.5 Å². The van der Waals surface area contributed by atoms with Gasteiger partial charge in [-0.2, -0.15) is 0 Å². The first-order valence-electron chi connectivity index (χ1n) is 9.59. The summed E-state index contributed by atoms with van der Waals surface area (Å²) in [6.45, 7) is 2.39. The number of rotatable bonds is 4. The molecule has 5 rings (SSSR count). The third kappa shape index (κ3) is 3.81. The molecule has 4 nitrogen and oxygen atoms in total. The summed E-state index contributed by atoms with van der Waals surface area (Å²) in [4.78, 5) is 18.3. The Balaban J connectivity index is 1.61. The minimum absolute atomic E-state index is 0.130. The number of halogens is 2. The molecule has 0 saturated heterocycles. The Bertz CT molecular complexity index is 1560. The minimum atomic E-state index is -0.130. The fourth-order valence-corrected chi connectivity index (χ4v) is 5.09. The van der Waals surface area contributed by atoms with E-state index >= 15 is 0 Å². The van der Waals surface area contributed by atoms with Gasteiger partial charge in [-0.3, -0.25) is 4.79 Å². The number of aryl methyl sites for hydroxylation is 1. The molecule has 31 heavy (non-hydrogen) atoms. The van der Waals surface area contributed by atoms with Crippen molar-refractivity contribution in [1.82, 2.24) is 9.38 Å². The van der Waals surface area contributed by atoms with E-state index < -0.39 is 0 Å². The van der Waals surface area contributed by atoms with Gasteiger partial charge in [0.25, 0.3) is 5.56 Å². The Morgan fingerprint density at radius 3 is 2.77 bits per heavy atom. The van der Waals surface area contributed by atoms with Crippen molar-refractivity contribution >= 4 is 56.6 Å². The van der Waals surface area contributed by atoms with E-state index in [1.54, 1.807) is 22.6 Å². The predicted octanol–water partition coefficient (Wildman–Crippen LogP) is 5.65. The summed E-state index contributed by atoms with van der Waals surface area (Å²) in [7, 11) is 0. The van der Waals surface area contributed by atoms with Gasteiger partial charge in [-0.25, -0.2) is 9.38 Å². The van der Waals surface area contributed by atoms with Crippen LogP contribution in [0.3, 0.4) is 0 Å². The third-order valence-corrected chi connectivity index (χ3v) is 6.40. The van der Waals surface area contributed by atoms with Gasteiger partial charge in [0, 0.05) is 10.6 Å². The van der Waals surface area contributed by atoms with Crippen molar-refractivity contribution in [3.8, 4) is 5.75 Å². The lowest BCUT2D eigenvalue weighted by Gasteiger charge is -2.12. The average molecular weight is 467 g/mol. The molecule has 0 fully saturated rings. The fourth-order valence-electron chi connectivity index (χ4n) is 3.55. The standard InChI is InChI=1S/C24H16Cl2N2O2S/c1-14-5-4-6-15(9-14)13-30-22-16(10-17(25)12-18(22)26)11-21-23(29)28-20-8-3-2-7-19(20)27-24(28)31-21/h2-12H,13H2,1H3. The van der Waals surface area contributed by atoms with Crippen molar-refractivity contribution in [2.24, 2.45) is 0 Å². The quantitative estimate of drug-likeness (QED) is 0.343. The molecular weight excluding hydrogens is 451 g/mol. The molecule has 0 unspecified atom stereocenters. The smallest absolute Gasteiger partial charge is 0.274 e. The highest BCUT2D eigenvalue weighted by Crippen LogP contribution is 2.33. The van der Waals surface area contributed by atoms with Crippen LogP contribution in [0.5, 0.6) is 5.75 Å². The molecule has 3 aromatic carbocycles. The summed E-state index contributed by atoms with van der Waals surface area (Å²) < 4.78 is 8.22. The Morgan fingerprint density at radius 1 is 1.10 bits per heavy atom. The molecule has 0 aliphatic carbocycles. The molecule has 0 aliphatic rings. The Kier molecular flexibility index (Phi) is 5.18. The van der Waals surface area contributed by atoms with Gasteiger partial charge in [0.1, 0.15) is 12.4 Å². The molecule has 0 amide bonds. The average Bonchev–Trinajstić information content (AvgIpc) is 3.23. The highest BCUT2D eigenvalue weighted by atomic mass is 35.5. The number of benzene rings is 3. The summed E-state index contributed by atoms with van der Waals surface area (Å²) in [6, 6.07) is 19.0. The van der Waals surface area contributed by atoms with Crippen molar-refractivity contribution in [3.05, 3.63) is 102 Å². The maximum atomic E-state index is 13.1. The van der Waals surface area contributed by atoms with E-state index in [4.69, 9.17) is 27.9 Å². The number of aromatic nitrogens is 2. The number of fused-ring (bicyclic) bond motifs is 3. The molecule has 0 spiro atoms. The van der Waals surface area contributed by atoms with Gasteiger partial charge in [0.15, 0.2) is 4.96 Å². The normalized spacial score (nSPS) is 12.2. The van der Waals surface area contributed by atoms with Crippen molar-refractivity contribution in [2.75, 3.05) is 0 Å². The molecule has 0 aliphatic heterocycles. The third-order valence-electron chi connectivity index (χ3n) is 4.93. The number of hydrogen-bond donors (Lipinski definition) is 0. The second-order valence-electron chi connectivity index (χ2n) is 7.22. The molecular formula is C24H16Cl2N2O2S. The monoisotopic (exact) mass is 466 g/mol. The summed E-state index contributed by atoms with van der Waals surface area (Å²) in [5, 5.41) is 0.865. The van der Waals surface area contributed by atoms with Gasteiger partial charge in [0.05, 0.1) is 20.6 Å². The van der Waals surface area contributed by atoms with Crippen molar-refractivity contribution < 1.29 is 4.74 Å². The van der Waals surface area contributed by atoms with Crippen LogP contribution in [-0.4, -0.2) is 9.38 Å². The van der Waals surface area contributed by atoms with E-state index in [0.717, 1.165) is 22.2 Å². The first-order chi connectivity index (χ1) is 15.0. The summed E-state index contributed by atoms with van der Waals surface area (Å²) in [5.41, 5.74) is 4.29. The lowest BCUT2D eigenvalue weighted by Crippen LogP contribution is -2.22. The Labute approximate surface area is 191 Å². The Hall–Kier alpha value is -2.86. The van der Waals surface area contributed by atoms with Gasteiger partial charge in [0.2, 0.25) is 0 Å². The van der Waals surface area contributed by atoms with Crippen molar-refractivity contribution in [3.63, 3.8) is 0 Å². The Morgan fingerprint density at radius 2 is 1.94 bits per heavy atom. The number of nitrogens with zero attached hydrogens (tertiary/aromatic N) is 2. The van der Waals surface area contributed by atoms with E-state index in [1.165, 1.54) is 11.3 Å². The molecule has 5 aromatic rings. The van der Waals surface area contributed by atoms with Gasteiger partial charge >= 0.3 is 0 Å². The summed E-state index contributed by atoms with van der Waals surface area (Å²) in [5.74, 6) is 0.489. The van der Waals surface area contributed by atoms with Crippen LogP contribution in [0.2, 0.25) is 10.0 Å². The number of hydrogen-bond acceptors (Lipinski definition) is 4. The van der Waals surface area contributed by atoms with E-state index in [-0.39, 0.29) is 5.56 Å². The van der Waals surface area contributed by atoms with E-state index in [9.17, 15) is 4.79 Å². The zero-order valence-corrected chi connectivity index (χ0v) is 18.8. The van der Waals surface area contributed by atoms with Crippen molar-refractivity contribution in [2.45, 2.75) is 13.5 Å². The first-order valence-corrected chi connectivity index (χ1v) is 11.2. The van der Waals surface area contributed by atoms with Gasteiger partial charge in [-0.15, -0.1) is 0 Å². The zero-order valence-electron chi connectivity index (χ0n) is 16.4. The second-order valence-corrected chi connectivity index (χ2v) is 9.07. The van der Waals surface area contributed by atoms with E-state index in [1.807, 2.05) is 49.4 Å². The van der Waals surface area contributed by atoms with Crippen LogP contribution in [0.25, 0.3) is 22.1 Å². The molecule has 2 heterocycles. The molecule has 154 valence electrons. The second kappa shape index (κ2) is 8.00. The van der Waals surface area contributed by atoms with Crippen LogP contribution >= 0.6 is 34.5 Å². The maximum Gasteiger partial charge on any atom is 0.274 e. The highest BCUT2D eigenvalue weighted by Gasteiger charge is 2.14. The van der Waals surface area contributed by atoms with Crippen LogP contribution < -0.4 is 14.8 Å². The number of thiazole rings is 1. The SMILES string of the molecule is Cc1cccc(COc2c(Cl)cc(Cl)cc2C=c2sc3nc4ccccc4n3c2=O)c1. The molecule has 0 saturated carbocycles. The van der Waals surface area contributed by atoms with Gasteiger partial charge in [-0.05, 0) is 42.8 Å². The van der Waals surface area contributed by atoms with E-state index in [2.05, 4.69) is 11.1 Å². The summed E-state index contributed by atoms with van der Waals surface area (Å²) in [6.07, 6.45) is 1.76. The summed E-state index contributed by atoms with van der Waals surface area (Å²) >= 11 is 14.0. The number of imidazole rings is 1. The molecule has 7 heteroatoms. The van der Waals surface area contributed by atoms with Gasteiger partial charge < -0.3 is 4.74 Å². The number of ether oxygens (including phenoxy) is 1. The molecule has 0 radical (unpaired) electrons. The van der Waals surface area contributed by atoms with Crippen molar-refractivity contribution in [1.29, 1.82) is 0 Å². The maximum absolute atomic E-state index is 13.1. The van der Waals surface area contributed by atoms with Crippen LogP contribution in [0.1, 0.15) is 16.7 Å². The van der Waals surface area contributed by atoms with Crippen LogP contribution in [0.15, 0.2) is 65.5 Å². The van der Waals surface area contributed by atoms with Crippen LogP contribution in [-0.2, 0) is 6.61 Å². The fraction of sp³-hybridized carbons (Fsp3) is 0.0833. The molecule has 0 atom stereocenters. The lowest BCUT2D eigenvalue weighted by molar-refractivity contribution is 0.305. The first kappa shape index (κ1) is 20.1. The van der Waals surface area contributed by atoms with Crippen LogP contribution in [0.4, 0.5) is 0 Å². The van der Waals surface area contributed by atoms with Crippen LogP contribution in [0, 0.1) is 6.92 Å². The molecule has 0 N–H and O–H groups in total. The molecule has 0 bridgehead atoms. The largest absolute Gasteiger partial charge is 0.487 e. The zero-order chi connectivity index (χ0) is 21.5. The highest BCUT2D eigenvalue weighted by molar-refractivity contribution is 7.15. The molecule has 2 aromatic heterocycles. The van der Waals surface area contributed by atoms with Gasteiger partial charge in [-0.1, -0.05) is 76.5 Å². The predicted molar refractivity (Wildman–Crippen MR) is 128 cm³/mol. The number of para-hydroxylation sites is 2. The minimum Gasteiger partial charge on any atom is -0.487 e.